The molecule has 1 aromatic heterocycles. The second-order valence-corrected chi connectivity index (χ2v) is 11.2. The SMILES string of the molecule is CC(C[C@@H](c1cn(CC2(C)CC2)c2cc(-c3ccccc3C(F)(F)F)ccc12)C(F)(F)F)S(N)=O. The molecule has 0 bridgehead atoms. The first kappa shape index (κ1) is 25.8. The van der Waals surface area contributed by atoms with Gasteiger partial charge < -0.3 is 4.57 Å². The van der Waals surface area contributed by atoms with Crippen LogP contribution in [0.5, 0.6) is 0 Å². The summed E-state index contributed by atoms with van der Waals surface area (Å²) in [6.07, 6.45) is -6.35. The molecular weight excluding hydrogens is 490 g/mol. The quantitative estimate of drug-likeness (QED) is 0.333. The Kier molecular flexibility index (Phi) is 6.59. The van der Waals surface area contributed by atoms with E-state index in [1.165, 1.54) is 49.5 Å². The Morgan fingerprint density at radius 1 is 1.09 bits per heavy atom. The third kappa shape index (κ3) is 5.43. The summed E-state index contributed by atoms with van der Waals surface area (Å²) in [6, 6.07) is 9.57. The summed E-state index contributed by atoms with van der Waals surface area (Å²) in [5.41, 5.74) is -0.170. The number of nitrogens with two attached hydrogens (primary N) is 1. The number of fused-ring (bicyclic) bond motifs is 1. The van der Waals surface area contributed by atoms with Crippen molar-refractivity contribution in [3.05, 3.63) is 59.8 Å². The normalized spacial score (nSPS) is 18.4. The number of hydrogen-bond acceptors (Lipinski definition) is 1. The van der Waals surface area contributed by atoms with Crippen LogP contribution in [0.25, 0.3) is 22.0 Å². The van der Waals surface area contributed by atoms with Gasteiger partial charge in [-0.25, -0.2) is 4.21 Å². The first-order valence-corrected chi connectivity index (χ1v) is 12.5. The predicted octanol–water partition coefficient (Wildman–Crippen LogP) is 7.17. The first-order valence-electron chi connectivity index (χ1n) is 11.2. The standard InChI is InChI=1S/C25H26F6N2OS/c1-15(35(32)34)11-21(25(29,30)31)19-13-33(14-23(2)9-10-23)22-12-16(7-8-18(19)22)17-5-3-4-6-20(17)24(26,27)28/h3-8,12-13,15,21H,9-11,14,32H2,1-2H3/t15?,21-,35?/m0/s1. The minimum atomic E-state index is -4.61. The van der Waals surface area contributed by atoms with E-state index in [0.717, 1.165) is 18.9 Å². The number of hydrogen-bond donors (Lipinski definition) is 1. The Balaban J connectivity index is 1.89. The van der Waals surface area contributed by atoms with Gasteiger partial charge in [0, 0.05) is 28.9 Å². The van der Waals surface area contributed by atoms with Crippen molar-refractivity contribution in [2.75, 3.05) is 0 Å². The number of rotatable bonds is 7. The van der Waals surface area contributed by atoms with E-state index in [1.54, 1.807) is 4.57 Å². The Hall–Kier alpha value is -2.33. The molecule has 0 saturated heterocycles. The lowest BCUT2D eigenvalue weighted by Crippen LogP contribution is -2.28. The largest absolute Gasteiger partial charge is 0.417 e. The summed E-state index contributed by atoms with van der Waals surface area (Å²) in [6.45, 7) is 3.89. The van der Waals surface area contributed by atoms with Gasteiger partial charge in [-0.15, -0.1) is 0 Å². The molecule has 3 aromatic rings. The molecule has 0 amide bonds. The lowest BCUT2D eigenvalue weighted by Gasteiger charge is -2.22. The van der Waals surface area contributed by atoms with E-state index in [9.17, 15) is 30.6 Å². The van der Waals surface area contributed by atoms with Gasteiger partial charge in [0.15, 0.2) is 0 Å². The van der Waals surface area contributed by atoms with Crippen molar-refractivity contribution in [3.63, 3.8) is 0 Å². The van der Waals surface area contributed by atoms with Gasteiger partial charge in [-0.3, -0.25) is 5.14 Å². The zero-order valence-electron chi connectivity index (χ0n) is 19.2. The monoisotopic (exact) mass is 516 g/mol. The smallest absolute Gasteiger partial charge is 0.347 e. The minimum absolute atomic E-state index is 0.0182. The number of aromatic nitrogens is 1. The van der Waals surface area contributed by atoms with Crippen LogP contribution >= 0.6 is 0 Å². The molecule has 0 radical (unpaired) electrons. The van der Waals surface area contributed by atoms with Crippen molar-refractivity contribution in [1.29, 1.82) is 0 Å². The fourth-order valence-corrected chi connectivity index (χ4v) is 4.91. The number of nitrogens with zero attached hydrogens (tertiary/aromatic N) is 1. The molecule has 1 saturated carbocycles. The number of alkyl halides is 6. The molecule has 1 heterocycles. The molecule has 1 fully saturated rings. The zero-order valence-corrected chi connectivity index (χ0v) is 20.0. The summed E-state index contributed by atoms with van der Waals surface area (Å²) in [5, 5.41) is 4.79. The number of benzene rings is 2. The highest BCUT2D eigenvalue weighted by Crippen LogP contribution is 2.49. The molecule has 3 nitrogen and oxygen atoms in total. The lowest BCUT2D eigenvalue weighted by atomic mass is 9.92. The van der Waals surface area contributed by atoms with E-state index in [4.69, 9.17) is 5.14 Å². The van der Waals surface area contributed by atoms with E-state index >= 15 is 0 Å². The molecule has 1 aliphatic rings. The van der Waals surface area contributed by atoms with Gasteiger partial charge >= 0.3 is 12.4 Å². The third-order valence-electron chi connectivity index (χ3n) is 6.85. The lowest BCUT2D eigenvalue weighted by molar-refractivity contribution is -0.151. The van der Waals surface area contributed by atoms with Crippen molar-refractivity contribution >= 4 is 21.9 Å². The fourth-order valence-electron chi connectivity index (χ4n) is 4.52. The zero-order chi connectivity index (χ0) is 25.8. The van der Waals surface area contributed by atoms with Crippen LogP contribution in [0.2, 0.25) is 0 Å². The summed E-state index contributed by atoms with van der Waals surface area (Å²) < 4.78 is 96.7. The average molecular weight is 517 g/mol. The second-order valence-electron chi connectivity index (χ2n) is 9.77. The van der Waals surface area contributed by atoms with Crippen LogP contribution in [-0.2, 0) is 23.7 Å². The predicted molar refractivity (Wildman–Crippen MR) is 125 cm³/mol. The van der Waals surface area contributed by atoms with Crippen LogP contribution in [-0.4, -0.2) is 20.2 Å². The molecule has 4 rings (SSSR count). The molecule has 0 spiro atoms. The van der Waals surface area contributed by atoms with Crippen molar-refractivity contribution in [2.45, 2.75) is 63.2 Å². The number of halogens is 6. The Labute approximate surface area is 201 Å². The highest BCUT2D eigenvalue weighted by Gasteiger charge is 2.44. The molecular formula is C25H26F6N2OS. The summed E-state index contributed by atoms with van der Waals surface area (Å²) in [5.74, 6) is -1.91. The van der Waals surface area contributed by atoms with Crippen LogP contribution < -0.4 is 5.14 Å². The van der Waals surface area contributed by atoms with Crippen molar-refractivity contribution in [1.82, 2.24) is 4.57 Å². The maximum atomic E-state index is 14.2. The topological polar surface area (TPSA) is 48.0 Å². The van der Waals surface area contributed by atoms with Gasteiger partial charge in [-0.1, -0.05) is 37.3 Å². The highest BCUT2D eigenvalue weighted by molar-refractivity contribution is 7.83. The van der Waals surface area contributed by atoms with Crippen LogP contribution in [0, 0.1) is 5.41 Å². The van der Waals surface area contributed by atoms with Crippen LogP contribution in [0.1, 0.15) is 50.2 Å². The van der Waals surface area contributed by atoms with Gasteiger partial charge in [-0.2, -0.15) is 26.3 Å². The van der Waals surface area contributed by atoms with Crippen molar-refractivity contribution in [3.8, 4) is 11.1 Å². The molecule has 190 valence electrons. The third-order valence-corrected chi connectivity index (χ3v) is 7.83. The molecule has 2 aromatic carbocycles. The van der Waals surface area contributed by atoms with Gasteiger partial charge in [0.2, 0.25) is 0 Å². The van der Waals surface area contributed by atoms with Crippen LogP contribution in [0.15, 0.2) is 48.7 Å². The molecule has 35 heavy (non-hydrogen) atoms. The second kappa shape index (κ2) is 8.96. The minimum Gasteiger partial charge on any atom is -0.347 e. The van der Waals surface area contributed by atoms with Gasteiger partial charge in [0.1, 0.15) is 0 Å². The van der Waals surface area contributed by atoms with E-state index in [2.05, 4.69) is 0 Å². The average Bonchev–Trinajstić information content (AvgIpc) is 3.39. The fraction of sp³-hybridized carbons (Fsp3) is 0.440. The molecule has 1 aliphatic carbocycles. The summed E-state index contributed by atoms with van der Waals surface area (Å²) >= 11 is 0. The summed E-state index contributed by atoms with van der Waals surface area (Å²) in [7, 11) is -1.93. The van der Waals surface area contributed by atoms with Gasteiger partial charge in [0.05, 0.1) is 22.5 Å². The van der Waals surface area contributed by atoms with Crippen LogP contribution in [0.3, 0.4) is 0 Å². The van der Waals surface area contributed by atoms with E-state index < -0.39 is 46.5 Å². The van der Waals surface area contributed by atoms with E-state index in [1.807, 2.05) is 6.92 Å². The van der Waals surface area contributed by atoms with Gasteiger partial charge in [0.25, 0.3) is 0 Å². The molecule has 2 unspecified atom stereocenters. The Morgan fingerprint density at radius 3 is 2.31 bits per heavy atom. The van der Waals surface area contributed by atoms with E-state index in [0.29, 0.717) is 17.4 Å². The first-order chi connectivity index (χ1) is 16.2. The highest BCUT2D eigenvalue weighted by atomic mass is 32.2. The van der Waals surface area contributed by atoms with Crippen molar-refractivity contribution in [2.24, 2.45) is 10.6 Å². The molecule has 3 atom stereocenters. The molecule has 10 heteroatoms. The molecule has 0 aliphatic heterocycles. The van der Waals surface area contributed by atoms with Gasteiger partial charge in [-0.05, 0) is 60.4 Å². The Bertz CT molecular complexity index is 1260. The maximum absolute atomic E-state index is 14.2. The van der Waals surface area contributed by atoms with Crippen LogP contribution in [0.4, 0.5) is 26.3 Å². The summed E-state index contributed by atoms with van der Waals surface area (Å²) in [4.78, 5) is 0. The maximum Gasteiger partial charge on any atom is 0.417 e. The Morgan fingerprint density at radius 2 is 1.74 bits per heavy atom. The van der Waals surface area contributed by atoms with Crippen molar-refractivity contribution < 1.29 is 30.6 Å². The molecule has 2 N–H and O–H groups in total. The van der Waals surface area contributed by atoms with E-state index in [-0.39, 0.29) is 22.1 Å².